The van der Waals surface area contributed by atoms with Crippen molar-refractivity contribution in [2.75, 3.05) is 11.9 Å². The van der Waals surface area contributed by atoms with E-state index in [9.17, 15) is 4.79 Å². The van der Waals surface area contributed by atoms with E-state index in [0.717, 1.165) is 5.56 Å². The van der Waals surface area contributed by atoms with Crippen molar-refractivity contribution in [2.24, 2.45) is 5.92 Å². The Morgan fingerprint density at radius 3 is 2.52 bits per heavy atom. The minimum atomic E-state index is -0.205. The zero-order valence-electron chi connectivity index (χ0n) is 13.0. The van der Waals surface area contributed by atoms with Crippen LogP contribution < -0.4 is 10.6 Å². The van der Waals surface area contributed by atoms with Gasteiger partial charge in [-0.25, -0.2) is 4.98 Å². The second kappa shape index (κ2) is 8.29. The van der Waals surface area contributed by atoms with Gasteiger partial charge in [0.2, 0.25) is 5.91 Å². The predicted octanol–water partition coefficient (Wildman–Crippen LogP) is 4.31. The Morgan fingerprint density at radius 1 is 1.22 bits per heavy atom. The topological polar surface area (TPSA) is 54.0 Å². The highest BCUT2D eigenvalue weighted by molar-refractivity contribution is 6.36. The number of hydrogen-bond donors (Lipinski definition) is 2. The van der Waals surface area contributed by atoms with E-state index in [1.807, 2.05) is 30.3 Å². The highest BCUT2D eigenvalue weighted by Gasteiger charge is 2.16. The number of nitrogens with zero attached hydrogens (tertiary/aromatic N) is 1. The molecule has 0 aliphatic carbocycles. The van der Waals surface area contributed by atoms with Crippen LogP contribution in [0.25, 0.3) is 0 Å². The molecule has 1 heterocycles. The van der Waals surface area contributed by atoms with Crippen molar-refractivity contribution in [2.45, 2.75) is 19.9 Å². The highest BCUT2D eigenvalue weighted by atomic mass is 35.5. The van der Waals surface area contributed by atoms with E-state index in [4.69, 9.17) is 23.2 Å². The van der Waals surface area contributed by atoms with Crippen molar-refractivity contribution in [1.29, 1.82) is 0 Å². The van der Waals surface area contributed by atoms with Gasteiger partial charge in [-0.15, -0.1) is 0 Å². The average Bonchev–Trinajstić information content (AvgIpc) is 2.51. The maximum absolute atomic E-state index is 12.1. The standard InChI is InChI=1S/C17H19Cl2N3O/c1-11(2)16(12-6-4-3-5-7-12)20-10-15(23)22-17-14(19)8-13(18)9-21-17/h3-9,11,16,20H,10H2,1-2H3,(H,21,22,23)/t16-/m0/s1. The van der Waals surface area contributed by atoms with Crippen LogP contribution in [0.3, 0.4) is 0 Å². The lowest BCUT2D eigenvalue weighted by Gasteiger charge is -2.22. The van der Waals surface area contributed by atoms with Crippen molar-refractivity contribution in [3.05, 3.63) is 58.2 Å². The van der Waals surface area contributed by atoms with Crippen LogP contribution in [0.15, 0.2) is 42.6 Å². The fraction of sp³-hybridized carbons (Fsp3) is 0.294. The van der Waals surface area contributed by atoms with Crippen LogP contribution in [-0.4, -0.2) is 17.4 Å². The molecule has 0 spiro atoms. The van der Waals surface area contributed by atoms with Crippen molar-refractivity contribution in [1.82, 2.24) is 10.3 Å². The van der Waals surface area contributed by atoms with E-state index >= 15 is 0 Å². The lowest BCUT2D eigenvalue weighted by molar-refractivity contribution is -0.115. The molecule has 0 saturated carbocycles. The zero-order valence-corrected chi connectivity index (χ0v) is 14.5. The number of aromatic nitrogens is 1. The molecule has 6 heteroatoms. The smallest absolute Gasteiger partial charge is 0.239 e. The van der Waals surface area contributed by atoms with Gasteiger partial charge < -0.3 is 10.6 Å². The fourth-order valence-corrected chi connectivity index (χ4v) is 2.71. The molecule has 1 aromatic carbocycles. The van der Waals surface area contributed by atoms with E-state index in [-0.39, 0.29) is 18.5 Å². The third-order valence-corrected chi connectivity index (χ3v) is 3.87. The van der Waals surface area contributed by atoms with Gasteiger partial charge in [-0.3, -0.25) is 4.79 Å². The Kier molecular flexibility index (Phi) is 6.39. The number of halogens is 2. The van der Waals surface area contributed by atoms with Gasteiger partial charge in [0.15, 0.2) is 5.82 Å². The number of carbonyl (C=O) groups excluding carboxylic acids is 1. The summed E-state index contributed by atoms with van der Waals surface area (Å²) in [6.45, 7) is 4.39. The Bertz CT molecular complexity index is 662. The highest BCUT2D eigenvalue weighted by Crippen LogP contribution is 2.23. The Hall–Kier alpha value is -1.62. The van der Waals surface area contributed by atoms with Gasteiger partial charge in [-0.2, -0.15) is 0 Å². The van der Waals surface area contributed by atoms with Crippen LogP contribution in [0.5, 0.6) is 0 Å². The van der Waals surface area contributed by atoms with Crippen molar-refractivity contribution >= 4 is 34.9 Å². The van der Waals surface area contributed by atoms with Gasteiger partial charge in [-0.05, 0) is 17.5 Å². The number of carbonyl (C=O) groups is 1. The monoisotopic (exact) mass is 351 g/mol. The van der Waals surface area contributed by atoms with Crippen LogP contribution >= 0.6 is 23.2 Å². The first-order valence-electron chi connectivity index (χ1n) is 7.36. The number of benzene rings is 1. The van der Waals surface area contributed by atoms with E-state index in [1.165, 1.54) is 6.20 Å². The van der Waals surface area contributed by atoms with Crippen LogP contribution in [-0.2, 0) is 4.79 Å². The molecule has 23 heavy (non-hydrogen) atoms. The molecule has 0 unspecified atom stereocenters. The van der Waals surface area contributed by atoms with Crippen LogP contribution in [0.2, 0.25) is 10.0 Å². The van der Waals surface area contributed by atoms with Crippen LogP contribution in [0.4, 0.5) is 5.82 Å². The summed E-state index contributed by atoms with van der Waals surface area (Å²) in [5, 5.41) is 6.70. The van der Waals surface area contributed by atoms with Crippen LogP contribution in [0.1, 0.15) is 25.5 Å². The minimum Gasteiger partial charge on any atom is -0.308 e. The largest absolute Gasteiger partial charge is 0.308 e. The molecule has 1 aromatic heterocycles. The summed E-state index contributed by atoms with van der Waals surface area (Å²) >= 11 is 11.8. The molecule has 0 aliphatic heterocycles. The molecule has 0 radical (unpaired) electrons. The lowest BCUT2D eigenvalue weighted by Crippen LogP contribution is -2.33. The Labute approximate surface area is 146 Å². The maximum Gasteiger partial charge on any atom is 0.239 e. The molecule has 4 nitrogen and oxygen atoms in total. The fourth-order valence-electron chi connectivity index (χ4n) is 2.28. The third kappa shape index (κ3) is 5.20. The molecule has 0 saturated heterocycles. The minimum absolute atomic E-state index is 0.0931. The molecular formula is C17H19Cl2N3O. The molecule has 2 aromatic rings. The molecule has 1 amide bonds. The molecule has 2 N–H and O–H groups in total. The SMILES string of the molecule is CC(C)[C@H](NCC(=O)Nc1ncc(Cl)cc1Cl)c1ccccc1. The van der Waals surface area contributed by atoms with Crippen molar-refractivity contribution < 1.29 is 4.79 Å². The van der Waals surface area contributed by atoms with E-state index < -0.39 is 0 Å². The van der Waals surface area contributed by atoms with Gasteiger partial charge in [0.05, 0.1) is 16.6 Å². The second-order valence-corrected chi connectivity index (χ2v) is 6.39. The summed E-state index contributed by atoms with van der Waals surface area (Å²) in [5.41, 5.74) is 1.15. The van der Waals surface area contributed by atoms with Gasteiger partial charge >= 0.3 is 0 Å². The van der Waals surface area contributed by atoms with Gasteiger partial charge in [0.1, 0.15) is 0 Å². The quantitative estimate of drug-likeness (QED) is 0.814. The zero-order chi connectivity index (χ0) is 16.8. The predicted molar refractivity (Wildman–Crippen MR) is 94.9 cm³/mol. The molecule has 1 atom stereocenters. The van der Waals surface area contributed by atoms with Crippen molar-refractivity contribution in [3.63, 3.8) is 0 Å². The first-order valence-corrected chi connectivity index (χ1v) is 8.12. The van der Waals surface area contributed by atoms with Gasteiger partial charge in [0.25, 0.3) is 0 Å². The maximum atomic E-state index is 12.1. The average molecular weight is 352 g/mol. The summed E-state index contributed by atoms with van der Waals surface area (Å²) in [5.74, 6) is 0.453. The molecule has 122 valence electrons. The number of rotatable bonds is 6. The number of nitrogens with one attached hydrogen (secondary N) is 2. The van der Waals surface area contributed by atoms with Crippen molar-refractivity contribution in [3.8, 4) is 0 Å². The number of amides is 1. The normalized spacial score (nSPS) is 12.2. The van der Waals surface area contributed by atoms with E-state index in [0.29, 0.717) is 21.8 Å². The molecule has 0 aliphatic rings. The van der Waals surface area contributed by atoms with Crippen LogP contribution in [0, 0.1) is 5.92 Å². The third-order valence-electron chi connectivity index (χ3n) is 3.37. The molecule has 0 bridgehead atoms. The first kappa shape index (κ1) is 17.7. The second-order valence-electron chi connectivity index (χ2n) is 5.55. The van der Waals surface area contributed by atoms with E-state index in [2.05, 4.69) is 29.5 Å². The summed E-state index contributed by atoms with van der Waals surface area (Å²) in [4.78, 5) is 16.1. The summed E-state index contributed by atoms with van der Waals surface area (Å²) in [6, 6.07) is 11.7. The molecular weight excluding hydrogens is 333 g/mol. The van der Waals surface area contributed by atoms with Gasteiger partial charge in [0, 0.05) is 12.2 Å². The van der Waals surface area contributed by atoms with Gasteiger partial charge in [-0.1, -0.05) is 67.4 Å². The number of anilines is 1. The lowest BCUT2D eigenvalue weighted by atomic mass is 9.96. The summed E-state index contributed by atoms with van der Waals surface area (Å²) < 4.78 is 0. The molecule has 2 rings (SSSR count). The summed E-state index contributed by atoms with van der Waals surface area (Å²) in [7, 11) is 0. The van der Waals surface area contributed by atoms with E-state index in [1.54, 1.807) is 6.07 Å². The first-order chi connectivity index (χ1) is 11.0. The summed E-state index contributed by atoms with van der Waals surface area (Å²) in [6.07, 6.45) is 1.44. The Balaban J connectivity index is 1.97. The Morgan fingerprint density at radius 2 is 1.91 bits per heavy atom. The number of hydrogen-bond acceptors (Lipinski definition) is 3. The molecule has 0 fully saturated rings. The number of pyridine rings is 1.